The van der Waals surface area contributed by atoms with E-state index in [2.05, 4.69) is 21.5 Å². The molecule has 0 radical (unpaired) electrons. The van der Waals surface area contributed by atoms with E-state index in [9.17, 15) is 14.9 Å². The summed E-state index contributed by atoms with van der Waals surface area (Å²) in [6.45, 7) is 4.03. The molecule has 0 bridgehead atoms. The van der Waals surface area contributed by atoms with Crippen molar-refractivity contribution in [2.75, 3.05) is 11.4 Å². The number of nitriles is 1. The van der Waals surface area contributed by atoms with Crippen LogP contribution in [-0.2, 0) is 4.79 Å². The minimum Gasteiger partial charge on any atom is -0.349 e. The maximum absolute atomic E-state index is 15.4. The second-order valence-corrected chi connectivity index (χ2v) is 11.0. The lowest BCUT2D eigenvalue weighted by atomic mass is 9.74. The Kier molecular flexibility index (Phi) is 5.95. The standard InChI is InChI=1S/C28H26ClFN6O2/c1-14-25(30)24(11-32-26(14)35-12-18-7-23(18)28(35)38)15(2)36-13-19(10-33-36)27(37)34-21-5-17(6-21)22-8-20(29)4-3-16(22)9-31/h3-4,8,10-11,13,15,17-18,21,23H,5-7,12H2,1-2H3,(H,34,37)/t15?,17?,18-,21?,23-/m1/s1. The third-order valence-electron chi connectivity index (χ3n) is 8.18. The molecule has 38 heavy (non-hydrogen) atoms. The third-order valence-corrected chi connectivity index (χ3v) is 8.42. The van der Waals surface area contributed by atoms with Gasteiger partial charge in [-0.05, 0) is 68.7 Å². The van der Waals surface area contributed by atoms with Crippen LogP contribution in [0.1, 0.15) is 70.8 Å². The van der Waals surface area contributed by atoms with Crippen LogP contribution >= 0.6 is 11.6 Å². The Hall–Kier alpha value is -3.77. The number of hydrogen-bond acceptors (Lipinski definition) is 5. The number of pyridine rings is 1. The lowest BCUT2D eigenvalue weighted by Gasteiger charge is -2.36. The lowest BCUT2D eigenvalue weighted by Crippen LogP contribution is -2.43. The molecular formula is C28H26ClFN6O2. The van der Waals surface area contributed by atoms with Gasteiger partial charge in [0, 0.05) is 47.0 Å². The Balaban J connectivity index is 1.11. The maximum Gasteiger partial charge on any atom is 0.254 e. The number of fused-ring (bicyclic) bond motifs is 1. The molecule has 1 unspecified atom stereocenters. The predicted molar refractivity (Wildman–Crippen MR) is 138 cm³/mol. The summed E-state index contributed by atoms with van der Waals surface area (Å²) in [6.07, 6.45) is 6.88. The molecule has 3 aromatic rings. The van der Waals surface area contributed by atoms with Crippen LogP contribution in [0.3, 0.4) is 0 Å². The highest BCUT2D eigenvalue weighted by atomic mass is 35.5. The molecule has 6 rings (SSSR count). The second-order valence-electron chi connectivity index (χ2n) is 10.6. The van der Waals surface area contributed by atoms with Gasteiger partial charge in [-0.15, -0.1) is 0 Å². The van der Waals surface area contributed by atoms with Crippen LogP contribution in [0.25, 0.3) is 0 Å². The van der Waals surface area contributed by atoms with Crippen LogP contribution in [0.2, 0.25) is 5.02 Å². The van der Waals surface area contributed by atoms with Crippen LogP contribution in [-0.4, -0.2) is 39.2 Å². The minimum absolute atomic E-state index is 0.0185. The molecule has 1 N–H and O–H groups in total. The molecule has 1 saturated heterocycles. The molecule has 2 amide bonds. The zero-order valence-electron chi connectivity index (χ0n) is 21.0. The number of aromatic nitrogens is 3. The number of nitrogens with zero attached hydrogens (tertiary/aromatic N) is 5. The Morgan fingerprint density at radius 2 is 2.08 bits per heavy atom. The van der Waals surface area contributed by atoms with E-state index >= 15 is 4.39 Å². The molecule has 2 saturated carbocycles. The Bertz CT molecular complexity index is 1510. The summed E-state index contributed by atoms with van der Waals surface area (Å²) in [7, 11) is 0. The van der Waals surface area contributed by atoms with E-state index in [1.54, 1.807) is 41.8 Å². The van der Waals surface area contributed by atoms with Gasteiger partial charge >= 0.3 is 0 Å². The molecule has 194 valence electrons. The molecule has 2 aliphatic carbocycles. The van der Waals surface area contributed by atoms with E-state index in [-0.39, 0.29) is 29.7 Å². The highest BCUT2D eigenvalue weighted by Gasteiger charge is 2.53. The number of carbonyl (C=O) groups is 2. The van der Waals surface area contributed by atoms with Gasteiger partial charge in [-0.2, -0.15) is 10.4 Å². The van der Waals surface area contributed by atoms with Crippen molar-refractivity contribution in [1.82, 2.24) is 20.1 Å². The number of piperidine rings is 1. The number of hydrogen-bond donors (Lipinski definition) is 1. The molecule has 3 heterocycles. The fourth-order valence-electron chi connectivity index (χ4n) is 5.67. The summed E-state index contributed by atoms with van der Waals surface area (Å²) in [5.41, 5.74) is 2.58. The maximum atomic E-state index is 15.4. The summed E-state index contributed by atoms with van der Waals surface area (Å²) in [5, 5.41) is 17.3. The van der Waals surface area contributed by atoms with Crippen molar-refractivity contribution < 1.29 is 14.0 Å². The van der Waals surface area contributed by atoms with Crippen molar-refractivity contribution in [2.24, 2.45) is 11.8 Å². The topological polar surface area (TPSA) is 104 Å². The van der Waals surface area contributed by atoms with E-state index in [0.717, 1.165) is 24.8 Å². The molecule has 1 aliphatic heterocycles. The van der Waals surface area contributed by atoms with E-state index in [4.69, 9.17) is 11.6 Å². The smallest absolute Gasteiger partial charge is 0.254 e. The first kappa shape index (κ1) is 24.6. The first-order chi connectivity index (χ1) is 18.2. The Labute approximate surface area is 224 Å². The lowest BCUT2D eigenvalue weighted by molar-refractivity contribution is -0.118. The molecule has 2 aromatic heterocycles. The molecule has 10 heteroatoms. The van der Waals surface area contributed by atoms with Gasteiger partial charge in [-0.3, -0.25) is 19.2 Å². The fraction of sp³-hybridized carbons (Fsp3) is 0.393. The Morgan fingerprint density at radius 3 is 2.79 bits per heavy atom. The summed E-state index contributed by atoms with van der Waals surface area (Å²) in [4.78, 5) is 31.3. The van der Waals surface area contributed by atoms with Crippen molar-refractivity contribution in [2.45, 2.75) is 51.1 Å². The molecule has 3 aliphatic rings. The van der Waals surface area contributed by atoms with Gasteiger partial charge in [0.1, 0.15) is 11.6 Å². The fourth-order valence-corrected chi connectivity index (χ4v) is 5.85. The van der Waals surface area contributed by atoms with Crippen LogP contribution in [0, 0.1) is 35.9 Å². The quantitative estimate of drug-likeness (QED) is 0.502. The van der Waals surface area contributed by atoms with Crippen LogP contribution in [0.5, 0.6) is 0 Å². The van der Waals surface area contributed by atoms with Gasteiger partial charge in [0.25, 0.3) is 5.91 Å². The van der Waals surface area contributed by atoms with Crippen LogP contribution < -0.4 is 10.2 Å². The van der Waals surface area contributed by atoms with Crippen molar-refractivity contribution >= 4 is 29.2 Å². The van der Waals surface area contributed by atoms with Gasteiger partial charge in [-0.1, -0.05) is 11.6 Å². The molecular weight excluding hydrogens is 507 g/mol. The van der Waals surface area contributed by atoms with Gasteiger partial charge in [0.05, 0.1) is 29.4 Å². The average Bonchev–Trinajstić information content (AvgIpc) is 3.33. The van der Waals surface area contributed by atoms with Gasteiger partial charge < -0.3 is 5.32 Å². The number of anilines is 1. The van der Waals surface area contributed by atoms with Crippen molar-refractivity contribution in [3.05, 3.63) is 75.4 Å². The van der Waals surface area contributed by atoms with E-state index in [0.29, 0.717) is 45.6 Å². The Morgan fingerprint density at radius 1 is 1.29 bits per heavy atom. The van der Waals surface area contributed by atoms with Crippen LogP contribution in [0.15, 0.2) is 36.8 Å². The summed E-state index contributed by atoms with van der Waals surface area (Å²) in [6, 6.07) is 6.93. The molecule has 3 atom stereocenters. The number of amides is 2. The second kappa shape index (κ2) is 9.21. The number of rotatable bonds is 6. The third kappa shape index (κ3) is 4.13. The van der Waals surface area contributed by atoms with E-state index in [1.807, 2.05) is 6.07 Å². The van der Waals surface area contributed by atoms with Crippen molar-refractivity contribution in [3.8, 4) is 6.07 Å². The number of nitrogens with one attached hydrogen (secondary N) is 1. The van der Waals surface area contributed by atoms with Crippen LogP contribution in [0.4, 0.5) is 10.2 Å². The first-order valence-electron chi connectivity index (χ1n) is 12.8. The predicted octanol–water partition coefficient (Wildman–Crippen LogP) is 4.52. The van der Waals surface area contributed by atoms with Gasteiger partial charge in [0.15, 0.2) is 0 Å². The zero-order chi connectivity index (χ0) is 26.7. The van der Waals surface area contributed by atoms with Crippen molar-refractivity contribution in [1.29, 1.82) is 5.26 Å². The van der Waals surface area contributed by atoms with E-state index < -0.39 is 11.9 Å². The summed E-state index contributed by atoms with van der Waals surface area (Å²) >= 11 is 6.11. The largest absolute Gasteiger partial charge is 0.349 e. The van der Waals surface area contributed by atoms with Crippen molar-refractivity contribution in [3.63, 3.8) is 0 Å². The van der Waals surface area contributed by atoms with Gasteiger partial charge in [-0.25, -0.2) is 9.37 Å². The number of carbonyl (C=O) groups excluding carboxylic acids is 2. The van der Waals surface area contributed by atoms with E-state index in [1.165, 1.54) is 12.4 Å². The summed E-state index contributed by atoms with van der Waals surface area (Å²) in [5.74, 6) is 0.352. The normalized spacial score (nSPS) is 24.4. The average molecular weight is 533 g/mol. The SMILES string of the molecule is Cc1c(N2C[C@H]3C[C@H]3C2=O)ncc(C(C)n2cc(C(=O)NC3CC(c4cc(Cl)ccc4C#N)C3)cn2)c1F. The molecule has 3 fully saturated rings. The molecule has 1 aromatic carbocycles. The first-order valence-corrected chi connectivity index (χ1v) is 13.1. The summed E-state index contributed by atoms with van der Waals surface area (Å²) < 4.78 is 16.9. The minimum atomic E-state index is -0.500. The highest BCUT2D eigenvalue weighted by molar-refractivity contribution is 6.30. The highest BCUT2D eigenvalue weighted by Crippen LogP contribution is 2.47. The molecule has 0 spiro atoms. The van der Waals surface area contributed by atoms with Gasteiger partial charge in [0.2, 0.25) is 5.91 Å². The number of benzene rings is 1. The monoisotopic (exact) mass is 532 g/mol. The molecule has 8 nitrogen and oxygen atoms in total. The number of halogens is 2. The zero-order valence-corrected chi connectivity index (χ0v) is 21.7.